The molecule has 0 bridgehead atoms. The molecule has 1 aliphatic heterocycles. The Kier molecular flexibility index (Phi) is 8.54. The van der Waals surface area contributed by atoms with Gasteiger partial charge in [-0.3, -0.25) is 9.30 Å². The molecule has 1 saturated heterocycles. The number of sulfonamides is 1. The number of fused-ring (bicyclic) bond motifs is 1. The summed E-state index contributed by atoms with van der Waals surface area (Å²) in [6.45, 7) is 7.75. The van der Waals surface area contributed by atoms with Crippen LogP contribution in [0.2, 0.25) is 5.15 Å². The van der Waals surface area contributed by atoms with Crippen molar-refractivity contribution in [3.8, 4) is 22.0 Å². The number of imidazole rings is 1. The number of halogens is 3. The number of aryl methyl sites for hydroxylation is 1. The van der Waals surface area contributed by atoms with Gasteiger partial charge in [-0.2, -0.15) is 0 Å². The summed E-state index contributed by atoms with van der Waals surface area (Å²) in [6, 6.07) is 6.53. The molecule has 1 unspecified atom stereocenters. The molecule has 2 aliphatic rings. The quantitative estimate of drug-likeness (QED) is 0.239. The Balaban J connectivity index is 1.42. The third-order valence-electron chi connectivity index (χ3n) is 8.34. The van der Waals surface area contributed by atoms with E-state index in [9.17, 15) is 21.4 Å². The predicted octanol–water partition coefficient (Wildman–Crippen LogP) is 4.90. The van der Waals surface area contributed by atoms with Crippen LogP contribution in [0, 0.1) is 11.7 Å². The van der Waals surface area contributed by atoms with Crippen molar-refractivity contribution in [1.29, 1.82) is 4.78 Å². The average molecular weight is 699 g/mol. The third-order valence-corrected chi connectivity index (χ3v) is 12.9. The molecule has 242 valence electrons. The second-order valence-corrected chi connectivity index (χ2v) is 17.2. The molecule has 2 N–H and O–H groups in total. The lowest BCUT2D eigenvalue weighted by Crippen LogP contribution is -2.45. The maximum absolute atomic E-state index is 13.6. The average Bonchev–Trinajstić information content (AvgIpc) is 3.35. The van der Waals surface area contributed by atoms with Gasteiger partial charge in [0.15, 0.2) is 21.0 Å². The van der Waals surface area contributed by atoms with E-state index < -0.39 is 36.7 Å². The number of hydrogen-bond acceptors (Lipinski definition) is 10. The van der Waals surface area contributed by atoms with Gasteiger partial charge in [-0.1, -0.05) is 29.0 Å². The highest BCUT2D eigenvalue weighted by Crippen LogP contribution is 2.40. The summed E-state index contributed by atoms with van der Waals surface area (Å²) in [5.74, 6) is 0.265. The van der Waals surface area contributed by atoms with E-state index in [2.05, 4.69) is 36.8 Å². The van der Waals surface area contributed by atoms with Gasteiger partial charge in [-0.15, -0.1) is 10.2 Å². The standard InChI is InChI=1S/C28H33ClF2N8O3S3/c1-17-14-18(44(32,40)13-12-38-10-8-37(3)9-11-38)4-5-20(17)21-15-19(45(41,42)36-28(2)6-7-28)16-39-22(21)23(29)33-25(39)27-35-34-26(43-27)24(30)31/h4-5,14-16,24,32,36H,6-13H2,1-3H3. The summed E-state index contributed by atoms with van der Waals surface area (Å²) in [4.78, 5) is 9.14. The first kappa shape index (κ1) is 32.3. The Bertz CT molecular complexity index is 1990. The summed E-state index contributed by atoms with van der Waals surface area (Å²) in [5.41, 5.74) is 1.45. The Morgan fingerprint density at radius 2 is 1.80 bits per heavy atom. The summed E-state index contributed by atoms with van der Waals surface area (Å²) in [6.07, 6.45) is -0.0785. The van der Waals surface area contributed by atoms with E-state index in [1.54, 1.807) is 25.1 Å². The molecule has 1 aliphatic carbocycles. The van der Waals surface area contributed by atoms with Gasteiger partial charge in [-0.25, -0.2) is 35.9 Å². The number of rotatable bonds is 10. The van der Waals surface area contributed by atoms with Crippen LogP contribution in [-0.4, -0.2) is 93.1 Å². The molecule has 3 aromatic heterocycles. The van der Waals surface area contributed by atoms with E-state index in [1.165, 1.54) is 16.7 Å². The minimum absolute atomic E-state index is 0.0137. The number of piperazine rings is 1. The number of hydrogen-bond donors (Lipinski definition) is 2. The molecule has 2 fully saturated rings. The summed E-state index contributed by atoms with van der Waals surface area (Å²) in [5, 5.41) is 6.99. The molecule has 0 spiro atoms. The number of nitrogens with zero attached hydrogens (tertiary/aromatic N) is 6. The van der Waals surface area contributed by atoms with Crippen molar-refractivity contribution in [1.82, 2.24) is 34.1 Å². The highest BCUT2D eigenvalue weighted by atomic mass is 35.5. The first-order chi connectivity index (χ1) is 21.2. The second kappa shape index (κ2) is 11.9. The number of likely N-dealkylation sites (N-methyl/N-ethyl adjacent to an activating group) is 1. The maximum atomic E-state index is 13.6. The number of benzene rings is 1. The number of nitrogens with one attached hydrogen (secondary N) is 2. The summed E-state index contributed by atoms with van der Waals surface area (Å²) in [7, 11) is -5.06. The van der Waals surface area contributed by atoms with Gasteiger partial charge in [0.2, 0.25) is 10.0 Å². The Morgan fingerprint density at radius 1 is 1.09 bits per heavy atom. The lowest BCUT2D eigenvalue weighted by molar-refractivity contribution is 0.150. The topological polar surface area (TPSA) is 137 Å². The van der Waals surface area contributed by atoms with Crippen molar-refractivity contribution >= 4 is 48.2 Å². The van der Waals surface area contributed by atoms with Crippen LogP contribution in [0.15, 0.2) is 40.3 Å². The van der Waals surface area contributed by atoms with Crippen LogP contribution in [-0.2, 0) is 19.8 Å². The minimum atomic E-state index is -4.02. The zero-order chi connectivity index (χ0) is 32.3. The van der Waals surface area contributed by atoms with E-state index in [4.69, 9.17) is 16.4 Å². The van der Waals surface area contributed by atoms with Crippen molar-refractivity contribution in [3.05, 3.63) is 46.2 Å². The molecule has 6 rings (SSSR count). The summed E-state index contributed by atoms with van der Waals surface area (Å²) >= 11 is 7.29. The molecule has 17 heteroatoms. The summed E-state index contributed by atoms with van der Waals surface area (Å²) < 4.78 is 80.3. The number of pyridine rings is 1. The zero-order valence-electron chi connectivity index (χ0n) is 24.9. The van der Waals surface area contributed by atoms with Crippen LogP contribution in [0.1, 0.15) is 36.8 Å². The van der Waals surface area contributed by atoms with Crippen LogP contribution in [0.25, 0.3) is 27.5 Å². The Hall–Kier alpha value is -2.60. The van der Waals surface area contributed by atoms with E-state index >= 15 is 0 Å². The Labute approximate surface area is 269 Å². The van der Waals surface area contributed by atoms with Gasteiger partial charge in [-0.05, 0) is 63.1 Å². The van der Waals surface area contributed by atoms with Crippen molar-refractivity contribution in [2.45, 2.75) is 48.4 Å². The third kappa shape index (κ3) is 6.64. The van der Waals surface area contributed by atoms with Crippen LogP contribution >= 0.6 is 22.9 Å². The molecule has 0 amide bonds. The van der Waals surface area contributed by atoms with Gasteiger partial charge in [0.05, 0.1) is 20.1 Å². The molecular weight excluding hydrogens is 666 g/mol. The highest BCUT2D eigenvalue weighted by Gasteiger charge is 2.41. The zero-order valence-corrected chi connectivity index (χ0v) is 28.1. The highest BCUT2D eigenvalue weighted by molar-refractivity contribution is 7.92. The van der Waals surface area contributed by atoms with Gasteiger partial charge in [0.25, 0.3) is 6.43 Å². The van der Waals surface area contributed by atoms with Crippen LogP contribution in [0.4, 0.5) is 8.78 Å². The maximum Gasteiger partial charge on any atom is 0.291 e. The molecular formula is C28H33ClF2N8O3S3. The fourth-order valence-corrected chi connectivity index (χ4v) is 9.18. The SMILES string of the molecule is Cc1cc(S(=N)(=O)CCN2CCN(C)CC2)ccc1-c1cc(S(=O)(=O)NC2(C)CC2)cn2c(-c3nnc(C(F)F)s3)nc(Cl)c12. The Morgan fingerprint density at radius 3 is 2.42 bits per heavy atom. The molecule has 1 atom stereocenters. The van der Waals surface area contributed by atoms with Gasteiger partial charge in [0, 0.05) is 60.7 Å². The second-order valence-electron chi connectivity index (χ2n) is 11.9. The smallest absolute Gasteiger partial charge is 0.291 e. The van der Waals surface area contributed by atoms with Crippen molar-refractivity contribution in [2.24, 2.45) is 0 Å². The van der Waals surface area contributed by atoms with E-state index in [0.29, 0.717) is 57.8 Å². The molecule has 11 nitrogen and oxygen atoms in total. The first-order valence-electron chi connectivity index (χ1n) is 14.3. The molecule has 4 aromatic rings. The van der Waals surface area contributed by atoms with E-state index in [-0.39, 0.29) is 26.6 Å². The van der Waals surface area contributed by atoms with Crippen molar-refractivity contribution in [3.63, 3.8) is 0 Å². The molecule has 4 heterocycles. The van der Waals surface area contributed by atoms with Crippen LogP contribution in [0.3, 0.4) is 0 Å². The number of aromatic nitrogens is 4. The lowest BCUT2D eigenvalue weighted by Gasteiger charge is -2.32. The molecule has 1 saturated carbocycles. The normalized spacial score (nSPS) is 18.9. The van der Waals surface area contributed by atoms with Crippen molar-refractivity contribution < 1.29 is 21.4 Å². The fourth-order valence-electron chi connectivity index (χ4n) is 5.33. The first-order valence-corrected chi connectivity index (χ1v) is 18.7. The van der Waals surface area contributed by atoms with E-state index in [0.717, 1.165) is 26.2 Å². The minimum Gasteiger partial charge on any atom is -0.304 e. The van der Waals surface area contributed by atoms with Gasteiger partial charge in [0.1, 0.15) is 0 Å². The largest absolute Gasteiger partial charge is 0.304 e. The molecule has 45 heavy (non-hydrogen) atoms. The molecule has 1 aromatic carbocycles. The van der Waals surface area contributed by atoms with E-state index in [1.807, 2.05) is 6.92 Å². The number of alkyl halides is 2. The van der Waals surface area contributed by atoms with Gasteiger partial charge >= 0.3 is 0 Å². The van der Waals surface area contributed by atoms with Crippen molar-refractivity contribution in [2.75, 3.05) is 45.5 Å². The molecule has 0 radical (unpaired) electrons. The predicted molar refractivity (Wildman–Crippen MR) is 170 cm³/mol. The van der Waals surface area contributed by atoms with Crippen LogP contribution < -0.4 is 4.72 Å². The van der Waals surface area contributed by atoms with Crippen LogP contribution in [0.5, 0.6) is 0 Å². The van der Waals surface area contributed by atoms with Gasteiger partial charge < -0.3 is 4.90 Å². The monoisotopic (exact) mass is 698 g/mol. The lowest BCUT2D eigenvalue weighted by atomic mass is 10.0. The fraction of sp³-hybridized carbons (Fsp3) is 0.464.